The van der Waals surface area contributed by atoms with Crippen LogP contribution in [0.15, 0.2) is 17.5 Å². The van der Waals surface area contributed by atoms with Crippen molar-refractivity contribution in [1.29, 1.82) is 0 Å². The van der Waals surface area contributed by atoms with Crippen LogP contribution in [0.4, 0.5) is 0 Å². The fraction of sp³-hybridized carbons (Fsp3) is 0.545. The lowest BCUT2D eigenvalue weighted by Gasteiger charge is -2.15. The average Bonchev–Trinajstić information content (AvgIpc) is 2.68. The number of alkyl halides is 1. The van der Waals surface area contributed by atoms with E-state index in [9.17, 15) is 4.79 Å². The molecule has 4 heteroatoms. The monoisotopic (exact) mass is 245 g/mol. The molecule has 0 saturated carbocycles. The third-order valence-corrected chi connectivity index (χ3v) is 3.52. The fourth-order valence-corrected chi connectivity index (χ4v) is 2.21. The van der Waals surface area contributed by atoms with Crippen LogP contribution in [0, 0.1) is 5.92 Å². The molecule has 1 amide bonds. The average molecular weight is 246 g/mol. The van der Waals surface area contributed by atoms with Crippen LogP contribution >= 0.6 is 22.9 Å². The van der Waals surface area contributed by atoms with Crippen molar-refractivity contribution < 1.29 is 4.79 Å². The minimum atomic E-state index is -0.113. The van der Waals surface area contributed by atoms with Gasteiger partial charge in [0.05, 0.1) is 0 Å². The lowest BCUT2D eigenvalue weighted by molar-refractivity contribution is -0.124. The van der Waals surface area contributed by atoms with Crippen LogP contribution in [-0.4, -0.2) is 17.8 Å². The summed E-state index contributed by atoms with van der Waals surface area (Å²) in [6, 6.07) is 4.27. The van der Waals surface area contributed by atoms with E-state index in [4.69, 9.17) is 11.6 Å². The third-order valence-electron chi connectivity index (χ3n) is 2.16. The summed E-state index contributed by atoms with van der Waals surface area (Å²) in [5.74, 6) is 0.295. The zero-order chi connectivity index (χ0) is 11.3. The third kappa shape index (κ3) is 4.22. The van der Waals surface area contributed by atoms with Crippen molar-refractivity contribution in [2.24, 2.45) is 5.92 Å². The number of nitrogens with one attached hydrogen (secondary N) is 1. The summed E-state index contributed by atoms with van der Waals surface area (Å²) in [6.07, 6.45) is 0.887. The highest BCUT2D eigenvalue weighted by Crippen LogP contribution is 2.11. The molecule has 1 aromatic rings. The van der Waals surface area contributed by atoms with Gasteiger partial charge in [-0.1, -0.05) is 13.0 Å². The molecule has 0 aliphatic heterocycles. The van der Waals surface area contributed by atoms with Crippen LogP contribution in [0.3, 0.4) is 0 Å². The topological polar surface area (TPSA) is 29.1 Å². The molecule has 2 unspecified atom stereocenters. The summed E-state index contributed by atoms with van der Waals surface area (Å²) in [4.78, 5) is 12.8. The second kappa shape index (κ2) is 6.13. The summed E-state index contributed by atoms with van der Waals surface area (Å²) in [6.45, 7) is 3.85. The molecule has 0 aromatic carbocycles. The van der Waals surface area contributed by atoms with Crippen LogP contribution in [-0.2, 0) is 11.2 Å². The quantitative estimate of drug-likeness (QED) is 0.794. The first-order chi connectivity index (χ1) is 7.13. The van der Waals surface area contributed by atoms with Crippen molar-refractivity contribution in [3.05, 3.63) is 22.4 Å². The second-order valence-electron chi connectivity index (χ2n) is 3.75. The van der Waals surface area contributed by atoms with Gasteiger partial charge in [-0.05, 0) is 18.4 Å². The number of amides is 1. The van der Waals surface area contributed by atoms with Gasteiger partial charge in [0.15, 0.2) is 0 Å². The number of hydrogen-bond acceptors (Lipinski definition) is 2. The van der Waals surface area contributed by atoms with E-state index in [2.05, 4.69) is 11.4 Å². The molecule has 0 fully saturated rings. The molecule has 0 aliphatic rings. The van der Waals surface area contributed by atoms with Gasteiger partial charge in [0, 0.05) is 29.1 Å². The van der Waals surface area contributed by atoms with E-state index in [1.807, 2.05) is 25.3 Å². The SMILES string of the molecule is CC(Cc1cccs1)NC(=O)C(C)CCl. The number of thiophene rings is 1. The minimum Gasteiger partial charge on any atom is -0.353 e. The van der Waals surface area contributed by atoms with Gasteiger partial charge in [-0.25, -0.2) is 0 Å². The Morgan fingerprint density at radius 3 is 2.87 bits per heavy atom. The molecule has 0 radical (unpaired) electrons. The summed E-state index contributed by atoms with van der Waals surface area (Å²) >= 11 is 7.33. The molecule has 1 N–H and O–H groups in total. The molecule has 0 bridgehead atoms. The molecule has 1 aromatic heterocycles. The number of halogens is 1. The second-order valence-corrected chi connectivity index (χ2v) is 5.09. The predicted molar refractivity (Wildman–Crippen MR) is 65.5 cm³/mol. The van der Waals surface area contributed by atoms with Gasteiger partial charge >= 0.3 is 0 Å². The molecule has 15 heavy (non-hydrogen) atoms. The first-order valence-electron chi connectivity index (χ1n) is 5.02. The zero-order valence-electron chi connectivity index (χ0n) is 9.00. The Bertz CT molecular complexity index is 300. The molecule has 1 rings (SSSR count). The van der Waals surface area contributed by atoms with Gasteiger partial charge in [0.2, 0.25) is 5.91 Å². The molecular weight excluding hydrogens is 230 g/mol. The molecule has 1 heterocycles. The largest absolute Gasteiger partial charge is 0.353 e. The Kier molecular flexibility index (Phi) is 5.12. The van der Waals surface area contributed by atoms with E-state index >= 15 is 0 Å². The van der Waals surface area contributed by atoms with Crippen molar-refractivity contribution in [3.8, 4) is 0 Å². The number of carbonyl (C=O) groups is 1. The van der Waals surface area contributed by atoms with E-state index < -0.39 is 0 Å². The van der Waals surface area contributed by atoms with Crippen molar-refractivity contribution in [2.75, 3.05) is 5.88 Å². The van der Waals surface area contributed by atoms with Crippen LogP contribution < -0.4 is 5.32 Å². The Morgan fingerprint density at radius 2 is 2.33 bits per heavy atom. The number of hydrogen-bond donors (Lipinski definition) is 1. The Balaban J connectivity index is 2.36. The highest BCUT2D eigenvalue weighted by Gasteiger charge is 2.14. The predicted octanol–water partition coefficient (Wildman–Crippen LogP) is 2.67. The number of carbonyl (C=O) groups excluding carboxylic acids is 1. The van der Waals surface area contributed by atoms with Crippen molar-refractivity contribution in [1.82, 2.24) is 5.32 Å². The van der Waals surface area contributed by atoms with Crippen molar-refractivity contribution >= 4 is 28.8 Å². The van der Waals surface area contributed by atoms with Crippen LogP contribution in [0.1, 0.15) is 18.7 Å². The molecule has 0 saturated heterocycles. The normalized spacial score (nSPS) is 14.6. The van der Waals surface area contributed by atoms with Crippen molar-refractivity contribution in [3.63, 3.8) is 0 Å². The van der Waals surface area contributed by atoms with E-state index in [-0.39, 0.29) is 17.9 Å². The molecular formula is C11H16ClNOS. The van der Waals surface area contributed by atoms with Gasteiger partial charge in [-0.3, -0.25) is 4.79 Å². The lowest BCUT2D eigenvalue weighted by Crippen LogP contribution is -2.37. The Labute approximate surface area is 99.6 Å². The summed E-state index contributed by atoms with van der Waals surface area (Å²) < 4.78 is 0. The molecule has 84 valence electrons. The summed E-state index contributed by atoms with van der Waals surface area (Å²) in [5.41, 5.74) is 0. The highest BCUT2D eigenvalue weighted by molar-refractivity contribution is 7.09. The maximum Gasteiger partial charge on any atom is 0.224 e. The maximum absolute atomic E-state index is 11.5. The van der Waals surface area contributed by atoms with Gasteiger partial charge < -0.3 is 5.32 Å². The zero-order valence-corrected chi connectivity index (χ0v) is 10.6. The van der Waals surface area contributed by atoms with E-state index in [1.54, 1.807) is 11.3 Å². The fourth-order valence-electron chi connectivity index (χ4n) is 1.24. The Hall–Kier alpha value is -0.540. The van der Waals surface area contributed by atoms with Crippen LogP contribution in [0.5, 0.6) is 0 Å². The van der Waals surface area contributed by atoms with Gasteiger partial charge in [0.25, 0.3) is 0 Å². The van der Waals surface area contributed by atoms with Gasteiger partial charge in [0.1, 0.15) is 0 Å². The first kappa shape index (κ1) is 12.5. The highest BCUT2D eigenvalue weighted by atomic mass is 35.5. The van der Waals surface area contributed by atoms with Crippen molar-refractivity contribution in [2.45, 2.75) is 26.3 Å². The lowest BCUT2D eigenvalue weighted by atomic mass is 10.1. The minimum absolute atomic E-state index is 0.0362. The van der Waals surface area contributed by atoms with Gasteiger partial charge in [-0.15, -0.1) is 22.9 Å². The molecule has 0 aliphatic carbocycles. The molecule has 2 nitrogen and oxygen atoms in total. The first-order valence-corrected chi connectivity index (χ1v) is 6.43. The van der Waals surface area contributed by atoms with Crippen LogP contribution in [0.2, 0.25) is 0 Å². The maximum atomic E-state index is 11.5. The summed E-state index contributed by atoms with van der Waals surface area (Å²) in [5, 5.41) is 5.00. The standard InChI is InChI=1S/C11H16ClNOS/c1-8(7-12)11(14)13-9(2)6-10-4-3-5-15-10/h3-5,8-9H,6-7H2,1-2H3,(H,13,14). The summed E-state index contributed by atoms with van der Waals surface area (Å²) in [7, 11) is 0. The van der Waals surface area contributed by atoms with Crippen LogP contribution in [0.25, 0.3) is 0 Å². The van der Waals surface area contributed by atoms with E-state index in [1.165, 1.54) is 4.88 Å². The smallest absolute Gasteiger partial charge is 0.224 e. The van der Waals surface area contributed by atoms with Gasteiger partial charge in [-0.2, -0.15) is 0 Å². The number of rotatable bonds is 5. The van der Waals surface area contributed by atoms with E-state index in [0.717, 1.165) is 6.42 Å². The van der Waals surface area contributed by atoms with E-state index in [0.29, 0.717) is 5.88 Å². The molecule has 2 atom stereocenters. The molecule has 0 spiro atoms. The Morgan fingerprint density at radius 1 is 1.60 bits per heavy atom.